The smallest absolute Gasteiger partial charge is 0.380 e. The van der Waals surface area contributed by atoms with Gasteiger partial charge in [-0.2, -0.15) is 13.2 Å². The van der Waals surface area contributed by atoms with E-state index in [0.717, 1.165) is 5.92 Å². The third kappa shape index (κ3) is 7.20. The van der Waals surface area contributed by atoms with E-state index in [-0.39, 0.29) is 6.42 Å². The van der Waals surface area contributed by atoms with E-state index in [1.54, 1.807) is 12.8 Å². The van der Waals surface area contributed by atoms with Crippen molar-refractivity contribution in [2.45, 2.75) is 32.0 Å². The van der Waals surface area contributed by atoms with Gasteiger partial charge in [0.05, 0.1) is 0 Å². The van der Waals surface area contributed by atoms with Crippen molar-refractivity contribution in [3.63, 3.8) is 0 Å². The van der Waals surface area contributed by atoms with Gasteiger partial charge in [0.25, 0.3) is 0 Å². The fourth-order valence-corrected chi connectivity index (χ4v) is 0.511. The topological polar surface area (TPSA) is 20.2 Å². The van der Waals surface area contributed by atoms with E-state index < -0.39 is 12.3 Å². The zero-order chi connectivity index (χ0) is 8.91. The summed E-state index contributed by atoms with van der Waals surface area (Å²) in [6.07, 6.45) is -4.74. The first kappa shape index (κ1) is 10.3. The van der Waals surface area contributed by atoms with Crippen molar-refractivity contribution in [3.05, 3.63) is 0 Å². The molecule has 11 heavy (non-hydrogen) atoms. The van der Waals surface area contributed by atoms with E-state index in [1.165, 1.54) is 0 Å². The maximum Gasteiger partial charge on any atom is 0.457 e. The van der Waals surface area contributed by atoms with Crippen LogP contribution in [0.3, 0.4) is 0 Å². The highest BCUT2D eigenvalue weighted by Gasteiger charge is 2.23. The number of hydrogen-bond donors (Lipinski definition) is 1. The van der Waals surface area contributed by atoms with Crippen LogP contribution in [0.15, 0.2) is 0 Å². The summed E-state index contributed by atoms with van der Waals surface area (Å²) in [4.78, 5) is 0. The van der Waals surface area contributed by atoms with E-state index in [4.69, 9.17) is 5.11 Å². The molecular formula is C7H9F3O. The summed E-state index contributed by atoms with van der Waals surface area (Å²) in [6, 6.07) is 0. The fraction of sp³-hybridized carbons (Fsp3) is 0.714. The molecule has 0 radical (unpaired) electrons. The first-order valence-electron chi connectivity index (χ1n) is 3.23. The third-order valence-corrected chi connectivity index (χ3v) is 0.943. The molecule has 0 aliphatic rings. The van der Waals surface area contributed by atoms with E-state index in [0.29, 0.717) is 6.42 Å². The van der Waals surface area contributed by atoms with Gasteiger partial charge in [-0.1, -0.05) is 19.3 Å². The second-order valence-electron chi connectivity index (χ2n) is 2.07. The van der Waals surface area contributed by atoms with E-state index >= 15 is 0 Å². The summed E-state index contributed by atoms with van der Waals surface area (Å²) < 4.78 is 34.1. The van der Waals surface area contributed by atoms with Crippen molar-refractivity contribution in [1.82, 2.24) is 0 Å². The predicted octanol–water partition coefficient (Wildman–Crippen LogP) is 1.71. The van der Waals surface area contributed by atoms with Gasteiger partial charge in [0.15, 0.2) is 0 Å². The lowest BCUT2D eigenvalue weighted by atomic mass is 10.2. The lowest BCUT2D eigenvalue weighted by molar-refractivity contribution is -0.0700. The van der Waals surface area contributed by atoms with Gasteiger partial charge < -0.3 is 5.11 Å². The van der Waals surface area contributed by atoms with Crippen molar-refractivity contribution in [2.75, 3.05) is 0 Å². The van der Waals surface area contributed by atoms with Crippen LogP contribution in [0, 0.1) is 11.8 Å². The van der Waals surface area contributed by atoms with E-state index in [2.05, 4.69) is 0 Å². The summed E-state index contributed by atoms with van der Waals surface area (Å²) in [7, 11) is 0. The minimum absolute atomic E-state index is 0.281. The van der Waals surface area contributed by atoms with Crippen LogP contribution in [0.4, 0.5) is 13.2 Å². The molecule has 4 heteroatoms. The minimum Gasteiger partial charge on any atom is -0.380 e. The third-order valence-electron chi connectivity index (χ3n) is 0.943. The lowest BCUT2D eigenvalue weighted by Gasteiger charge is -1.98. The first-order valence-corrected chi connectivity index (χ1v) is 3.23. The average molecular weight is 166 g/mol. The van der Waals surface area contributed by atoms with E-state index in [1.807, 2.05) is 0 Å². The van der Waals surface area contributed by atoms with Crippen LogP contribution in [0.5, 0.6) is 0 Å². The molecule has 0 bridgehead atoms. The van der Waals surface area contributed by atoms with Crippen molar-refractivity contribution in [1.29, 1.82) is 0 Å². The highest BCUT2D eigenvalue weighted by molar-refractivity contribution is 5.09. The highest BCUT2D eigenvalue weighted by Crippen LogP contribution is 2.12. The highest BCUT2D eigenvalue weighted by atomic mass is 19.4. The van der Waals surface area contributed by atoms with Crippen LogP contribution in [0.25, 0.3) is 0 Å². The Bertz CT molecular complexity index is 163. The molecular weight excluding hydrogens is 157 g/mol. The second-order valence-corrected chi connectivity index (χ2v) is 2.07. The molecule has 0 aliphatic carbocycles. The standard InChI is InChI=1S/C7H9F3O/c1-2-3-6(11)4-5-7(8,9)10/h6,11H,2-3H2,1H3. The quantitative estimate of drug-likeness (QED) is 0.619. The fourth-order valence-electron chi connectivity index (χ4n) is 0.511. The van der Waals surface area contributed by atoms with Gasteiger partial charge in [0, 0.05) is 5.92 Å². The maximum atomic E-state index is 11.4. The van der Waals surface area contributed by atoms with Crippen LogP contribution in [-0.4, -0.2) is 17.4 Å². The molecule has 1 nitrogen and oxygen atoms in total. The minimum atomic E-state index is -4.49. The molecule has 1 N–H and O–H groups in total. The molecule has 0 aromatic rings. The van der Waals surface area contributed by atoms with Gasteiger partial charge in [0.1, 0.15) is 6.10 Å². The maximum absolute atomic E-state index is 11.4. The van der Waals surface area contributed by atoms with Gasteiger partial charge in [-0.3, -0.25) is 0 Å². The lowest BCUT2D eigenvalue weighted by Crippen LogP contribution is -2.07. The van der Waals surface area contributed by atoms with Crippen LogP contribution >= 0.6 is 0 Å². The van der Waals surface area contributed by atoms with E-state index in [9.17, 15) is 13.2 Å². The summed E-state index contributed by atoms with van der Waals surface area (Å²) in [5, 5.41) is 8.74. The molecule has 0 fully saturated rings. The van der Waals surface area contributed by atoms with Crippen LogP contribution in [0.2, 0.25) is 0 Å². The Hall–Kier alpha value is -0.690. The van der Waals surface area contributed by atoms with Gasteiger partial charge >= 0.3 is 6.18 Å². The number of halogens is 3. The largest absolute Gasteiger partial charge is 0.457 e. The van der Waals surface area contributed by atoms with Crippen molar-refractivity contribution in [3.8, 4) is 11.8 Å². The van der Waals surface area contributed by atoms with Gasteiger partial charge in [-0.15, -0.1) is 0 Å². The Kier molecular flexibility index (Phi) is 3.98. The Morgan fingerprint density at radius 2 is 2.00 bits per heavy atom. The molecule has 0 aliphatic heterocycles. The second kappa shape index (κ2) is 4.24. The summed E-state index contributed by atoms with van der Waals surface area (Å²) in [5.74, 6) is 2.71. The van der Waals surface area contributed by atoms with Crippen molar-refractivity contribution < 1.29 is 18.3 Å². The van der Waals surface area contributed by atoms with Crippen LogP contribution in [-0.2, 0) is 0 Å². The Morgan fingerprint density at radius 3 is 2.36 bits per heavy atom. The first-order chi connectivity index (χ1) is 4.95. The number of rotatable bonds is 2. The summed E-state index contributed by atoms with van der Waals surface area (Å²) in [6.45, 7) is 1.76. The van der Waals surface area contributed by atoms with Crippen molar-refractivity contribution >= 4 is 0 Å². The molecule has 0 saturated carbocycles. The zero-order valence-corrected chi connectivity index (χ0v) is 6.07. The molecule has 0 amide bonds. The Morgan fingerprint density at radius 1 is 1.45 bits per heavy atom. The predicted molar refractivity (Wildman–Crippen MR) is 34.7 cm³/mol. The molecule has 0 aromatic carbocycles. The van der Waals surface area contributed by atoms with Gasteiger partial charge in [0.2, 0.25) is 0 Å². The van der Waals surface area contributed by atoms with Crippen molar-refractivity contribution in [2.24, 2.45) is 0 Å². The average Bonchev–Trinajstić information content (AvgIpc) is 1.83. The van der Waals surface area contributed by atoms with Crippen LogP contribution in [0.1, 0.15) is 19.8 Å². The number of aliphatic hydroxyl groups is 1. The SMILES string of the molecule is CCCC(O)C#CC(F)(F)F. The van der Waals surface area contributed by atoms with Crippen LogP contribution < -0.4 is 0 Å². The molecule has 0 spiro atoms. The summed E-state index contributed by atoms with van der Waals surface area (Å²) in [5.41, 5.74) is 0. The zero-order valence-electron chi connectivity index (χ0n) is 6.07. The number of hydrogen-bond acceptors (Lipinski definition) is 1. The van der Waals surface area contributed by atoms with Gasteiger partial charge in [-0.05, 0) is 6.42 Å². The molecule has 0 rings (SSSR count). The Balaban J connectivity index is 3.87. The van der Waals surface area contributed by atoms with Gasteiger partial charge in [-0.25, -0.2) is 0 Å². The molecule has 0 heterocycles. The summed E-state index contributed by atoms with van der Waals surface area (Å²) >= 11 is 0. The number of alkyl halides is 3. The Labute approximate surface area is 63.2 Å². The molecule has 1 unspecified atom stereocenters. The molecule has 1 atom stereocenters. The number of aliphatic hydroxyl groups excluding tert-OH is 1. The molecule has 0 saturated heterocycles. The molecule has 0 aromatic heterocycles. The monoisotopic (exact) mass is 166 g/mol. The normalized spacial score (nSPS) is 13.5. The molecule has 64 valence electrons.